The van der Waals surface area contributed by atoms with E-state index < -0.39 is 0 Å². The van der Waals surface area contributed by atoms with Gasteiger partial charge in [-0.15, -0.1) is 0 Å². The number of phenolic OH excluding ortho intramolecular Hbond substituents is 1. The quantitative estimate of drug-likeness (QED) is 0.632. The molecule has 0 amide bonds. The van der Waals surface area contributed by atoms with E-state index in [-0.39, 0.29) is 5.75 Å². The lowest BCUT2D eigenvalue weighted by Crippen LogP contribution is -2.16. The molecule has 0 radical (unpaired) electrons. The third-order valence-electron chi connectivity index (χ3n) is 1.96. The molecule has 88 valence electrons. The number of hydrogen-bond acceptors (Lipinski definition) is 3. The number of halogens is 2. The van der Waals surface area contributed by atoms with Crippen LogP contribution in [0.3, 0.4) is 0 Å². The fraction of sp³-hybridized carbons (Fsp3) is 0.364. The first-order valence-electron chi connectivity index (χ1n) is 5.03. The van der Waals surface area contributed by atoms with Crippen LogP contribution in [0, 0.1) is 0 Å². The highest BCUT2D eigenvalue weighted by molar-refractivity contribution is 6.36. The fourth-order valence-corrected chi connectivity index (χ4v) is 1.71. The molecular formula is C11H14Cl2N2O. The Bertz CT molecular complexity index is 357. The van der Waals surface area contributed by atoms with Crippen LogP contribution in [0.25, 0.3) is 0 Å². The van der Waals surface area contributed by atoms with Crippen molar-refractivity contribution in [2.45, 2.75) is 6.92 Å². The summed E-state index contributed by atoms with van der Waals surface area (Å²) in [7, 11) is 0. The molecule has 0 saturated carbocycles. The molecule has 0 saturated heterocycles. The Morgan fingerprint density at radius 2 is 2.19 bits per heavy atom. The molecular weight excluding hydrogens is 247 g/mol. The van der Waals surface area contributed by atoms with Gasteiger partial charge < -0.3 is 10.4 Å². The molecule has 0 unspecified atom stereocenters. The second-order valence-electron chi connectivity index (χ2n) is 3.21. The number of likely N-dealkylation sites (N-methyl/N-ethyl adjacent to an activating group) is 1. The summed E-state index contributed by atoms with van der Waals surface area (Å²) >= 11 is 11.6. The monoisotopic (exact) mass is 260 g/mol. The molecule has 0 bridgehead atoms. The highest BCUT2D eigenvalue weighted by Gasteiger charge is 2.05. The zero-order valence-corrected chi connectivity index (χ0v) is 10.5. The average molecular weight is 261 g/mol. The van der Waals surface area contributed by atoms with E-state index in [1.165, 1.54) is 6.07 Å². The van der Waals surface area contributed by atoms with Crippen molar-refractivity contribution in [2.24, 2.45) is 4.99 Å². The summed E-state index contributed by atoms with van der Waals surface area (Å²) in [6, 6.07) is 3.02. The Balaban J connectivity index is 2.66. The number of hydrogen-bond donors (Lipinski definition) is 2. The van der Waals surface area contributed by atoms with Crippen LogP contribution in [0.2, 0.25) is 10.0 Å². The van der Waals surface area contributed by atoms with E-state index >= 15 is 0 Å². The lowest BCUT2D eigenvalue weighted by atomic mass is 10.2. The predicted octanol–water partition coefficient (Wildman–Crippen LogP) is 2.73. The van der Waals surface area contributed by atoms with Crippen LogP contribution in [0.4, 0.5) is 0 Å². The van der Waals surface area contributed by atoms with E-state index in [4.69, 9.17) is 23.2 Å². The van der Waals surface area contributed by atoms with Gasteiger partial charge in [0.15, 0.2) is 0 Å². The Kier molecular flexibility index (Phi) is 5.60. The van der Waals surface area contributed by atoms with Gasteiger partial charge in [0, 0.05) is 17.8 Å². The first-order chi connectivity index (χ1) is 7.65. The van der Waals surface area contributed by atoms with Crippen molar-refractivity contribution in [2.75, 3.05) is 19.6 Å². The zero-order chi connectivity index (χ0) is 12.0. The minimum absolute atomic E-state index is 0.0460. The van der Waals surface area contributed by atoms with Crippen molar-refractivity contribution in [3.05, 3.63) is 27.7 Å². The van der Waals surface area contributed by atoms with Crippen molar-refractivity contribution in [3.8, 4) is 5.75 Å². The molecule has 0 heterocycles. The van der Waals surface area contributed by atoms with E-state index in [0.717, 1.165) is 13.1 Å². The number of aromatic hydroxyl groups is 1. The predicted molar refractivity (Wildman–Crippen MR) is 69.1 cm³/mol. The van der Waals surface area contributed by atoms with Crippen molar-refractivity contribution in [1.82, 2.24) is 5.32 Å². The summed E-state index contributed by atoms with van der Waals surface area (Å²) in [6.45, 7) is 4.40. The molecule has 0 atom stereocenters. The third-order valence-corrected chi connectivity index (χ3v) is 2.49. The Hall–Kier alpha value is -0.770. The van der Waals surface area contributed by atoms with Gasteiger partial charge in [-0.2, -0.15) is 0 Å². The van der Waals surface area contributed by atoms with Gasteiger partial charge in [-0.25, -0.2) is 0 Å². The summed E-state index contributed by atoms with van der Waals surface area (Å²) in [5.41, 5.74) is 0.502. The van der Waals surface area contributed by atoms with Crippen LogP contribution in [-0.4, -0.2) is 31.0 Å². The van der Waals surface area contributed by atoms with Crippen molar-refractivity contribution >= 4 is 29.4 Å². The summed E-state index contributed by atoms with van der Waals surface area (Å²) in [5.74, 6) is 0.0460. The number of aliphatic imine (C=N–C) groups is 1. The molecule has 5 heteroatoms. The number of benzene rings is 1. The van der Waals surface area contributed by atoms with E-state index in [1.54, 1.807) is 12.3 Å². The second-order valence-corrected chi connectivity index (χ2v) is 4.05. The lowest BCUT2D eigenvalue weighted by molar-refractivity contribution is 0.474. The minimum atomic E-state index is 0.0460. The van der Waals surface area contributed by atoms with Crippen LogP contribution in [0.5, 0.6) is 5.75 Å². The van der Waals surface area contributed by atoms with Gasteiger partial charge in [0.1, 0.15) is 5.75 Å². The summed E-state index contributed by atoms with van der Waals surface area (Å²) in [6.07, 6.45) is 1.56. The maximum absolute atomic E-state index is 9.60. The third kappa shape index (κ3) is 4.00. The van der Waals surface area contributed by atoms with Gasteiger partial charge in [0.25, 0.3) is 0 Å². The molecule has 0 aliphatic carbocycles. The smallest absolute Gasteiger partial charge is 0.127 e. The van der Waals surface area contributed by atoms with Crippen LogP contribution >= 0.6 is 23.2 Å². The van der Waals surface area contributed by atoms with Crippen LogP contribution in [0.15, 0.2) is 17.1 Å². The summed E-state index contributed by atoms with van der Waals surface area (Å²) < 4.78 is 0. The molecule has 0 aliphatic rings. The van der Waals surface area contributed by atoms with E-state index in [9.17, 15) is 5.11 Å². The summed E-state index contributed by atoms with van der Waals surface area (Å²) in [4.78, 5) is 4.16. The van der Waals surface area contributed by atoms with Crippen LogP contribution < -0.4 is 5.32 Å². The molecule has 3 nitrogen and oxygen atoms in total. The standard InChI is InChI=1S/C11H14Cl2N2O/c1-2-14-3-4-15-7-9-10(13)5-8(12)6-11(9)16/h5-7,14,16H,2-4H2,1H3. The molecule has 1 rings (SSSR count). The highest BCUT2D eigenvalue weighted by Crippen LogP contribution is 2.28. The Morgan fingerprint density at radius 1 is 1.44 bits per heavy atom. The zero-order valence-electron chi connectivity index (χ0n) is 9.00. The lowest BCUT2D eigenvalue weighted by Gasteiger charge is -2.02. The van der Waals surface area contributed by atoms with Crippen molar-refractivity contribution < 1.29 is 5.11 Å². The summed E-state index contributed by atoms with van der Waals surface area (Å²) in [5, 5.41) is 13.6. The van der Waals surface area contributed by atoms with Crippen molar-refractivity contribution in [1.29, 1.82) is 0 Å². The highest BCUT2D eigenvalue weighted by atomic mass is 35.5. The number of rotatable bonds is 5. The molecule has 16 heavy (non-hydrogen) atoms. The Morgan fingerprint density at radius 3 is 2.81 bits per heavy atom. The molecule has 0 aromatic heterocycles. The first-order valence-corrected chi connectivity index (χ1v) is 5.79. The van der Waals surface area contributed by atoms with E-state index in [1.807, 2.05) is 6.92 Å². The number of nitrogens with one attached hydrogen (secondary N) is 1. The van der Waals surface area contributed by atoms with E-state index in [2.05, 4.69) is 10.3 Å². The van der Waals surface area contributed by atoms with Gasteiger partial charge in [-0.1, -0.05) is 30.1 Å². The van der Waals surface area contributed by atoms with E-state index in [0.29, 0.717) is 22.2 Å². The molecule has 0 spiro atoms. The maximum atomic E-state index is 9.60. The second kappa shape index (κ2) is 6.74. The molecule has 0 fully saturated rings. The molecule has 1 aromatic rings. The first kappa shape index (κ1) is 13.3. The van der Waals surface area contributed by atoms with Crippen LogP contribution in [-0.2, 0) is 0 Å². The SMILES string of the molecule is CCNCCN=Cc1c(O)cc(Cl)cc1Cl. The Labute approximate surface area is 105 Å². The average Bonchev–Trinajstić information content (AvgIpc) is 2.20. The largest absolute Gasteiger partial charge is 0.507 e. The van der Waals surface area contributed by atoms with Crippen LogP contribution in [0.1, 0.15) is 12.5 Å². The van der Waals surface area contributed by atoms with Gasteiger partial charge in [-0.05, 0) is 18.7 Å². The maximum Gasteiger partial charge on any atom is 0.127 e. The minimum Gasteiger partial charge on any atom is -0.507 e. The topological polar surface area (TPSA) is 44.6 Å². The van der Waals surface area contributed by atoms with Gasteiger partial charge in [0.05, 0.1) is 17.1 Å². The molecule has 1 aromatic carbocycles. The number of phenols is 1. The van der Waals surface area contributed by atoms with Gasteiger partial charge in [-0.3, -0.25) is 4.99 Å². The normalized spacial score (nSPS) is 11.2. The van der Waals surface area contributed by atoms with Crippen molar-refractivity contribution in [3.63, 3.8) is 0 Å². The fourth-order valence-electron chi connectivity index (χ4n) is 1.18. The molecule has 2 N–H and O–H groups in total. The molecule has 0 aliphatic heterocycles. The number of nitrogens with zero attached hydrogens (tertiary/aromatic N) is 1. The van der Waals surface area contributed by atoms with Gasteiger partial charge in [0.2, 0.25) is 0 Å². The van der Waals surface area contributed by atoms with Gasteiger partial charge >= 0.3 is 0 Å².